The van der Waals surface area contributed by atoms with Gasteiger partial charge in [-0.05, 0) is 50.4 Å². The molecule has 0 radical (unpaired) electrons. The average Bonchev–Trinajstić information content (AvgIpc) is 3.17. The Morgan fingerprint density at radius 1 is 1.31 bits per heavy atom. The Hall–Kier alpha value is -2.85. The predicted molar refractivity (Wildman–Crippen MR) is 139 cm³/mol. The first kappa shape index (κ1) is 25.2. The zero-order chi connectivity index (χ0) is 25.3. The number of hydrogen-bond acceptors (Lipinski definition) is 6. The molecule has 0 spiro atoms. The van der Waals surface area contributed by atoms with Crippen molar-refractivity contribution < 1.29 is 12.8 Å². The number of aryl methyl sites for hydroxylation is 1. The molecule has 1 aliphatic rings. The Kier molecular flexibility index (Phi) is 7.23. The summed E-state index contributed by atoms with van der Waals surface area (Å²) in [6, 6.07) is 3.55. The van der Waals surface area contributed by atoms with Gasteiger partial charge in [0.2, 0.25) is 0 Å². The number of sulfone groups is 1. The summed E-state index contributed by atoms with van der Waals surface area (Å²) in [6.07, 6.45) is 5.72. The molecule has 1 aliphatic heterocycles. The van der Waals surface area contributed by atoms with Gasteiger partial charge < -0.3 is 15.6 Å². The quantitative estimate of drug-likeness (QED) is 0.374. The Bertz CT molecular complexity index is 1360. The van der Waals surface area contributed by atoms with Crippen LogP contribution in [0.25, 0.3) is 22.3 Å². The van der Waals surface area contributed by atoms with Crippen molar-refractivity contribution in [2.24, 2.45) is 10.7 Å². The van der Waals surface area contributed by atoms with Crippen LogP contribution in [0.5, 0.6) is 0 Å². The van der Waals surface area contributed by atoms with E-state index in [1.807, 2.05) is 13.0 Å². The number of rotatable bonds is 7. The van der Waals surface area contributed by atoms with Crippen LogP contribution in [0.2, 0.25) is 0 Å². The van der Waals surface area contributed by atoms with Gasteiger partial charge in [-0.25, -0.2) is 27.8 Å². The van der Waals surface area contributed by atoms with Crippen LogP contribution in [-0.2, 0) is 9.84 Å². The molecule has 0 saturated carbocycles. The molecule has 35 heavy (non-hydrogen) atoms. The molecule has 0 unspecified atom stereocenters. The van der Waals surface area contributed by atoms with E-state index in [-0.39, 0.29) is 23.4 Å². The lowest BCUT2D eigenvalue weighted by Gasteiger charge is -2.31. The number of nitrogens with two attached hydrogens (primary N) is 1. The van der Waals surface area contributed by atoms with E-state index in [2.05, 4.69) is 33.7 Å². The van der Waals surface area contributed by atoms with E-state index in [9.17, 15) is 8.42 Å². The van der Waals surface area contributed by atoms with Crippen molar-refractivity contribution in [1.82, 2.24) is 19.9 Å². The first-order chi connectivity index (χ1) is 16.6. The fraction of sp³-hybridized carbons (Fsp3) is 0.480. The molecule has 3 N–H and O–H groups in total. The standard InChI is InChI=1S/C25H33FN6O2S/c1-15(2)21-23(18-11-16(3)25(28-13-18)29-14-27)30-20-12-19(26)22(31-24(20)21)17-5-7-32(8-6-17)9-10-35(4,33)34/h11-15,17,30H,5-10H2,1-4H3,(H2,27,28,29). The van der Waals surface area contributed by atoms with Gasteiger partial charge in [0.25, 0.3) is 0 Å². The Balaban J connectivity index is 1.66. The molecule has 0 aromatic carbocycles. The number of halogens is 1. The topological polar surface area (TPSA) is 117 Å². The van der Waals surface area contributed by atoms with Gasteiger partial charge in [0.15, 0.2) is 5.82 Å². The van der Waals surface area contributed by atoms with Gasteiger partial charge in [-0.2, -0.15) is 0 Å². The summed E-state index contributed by atoms with van der Waals surface area (Å²) in [5, 5.41) is 0. The fourth-order valence-electron chi connectivity index (χ4n) is 4.84. The van der Waals surface area contributed by atoms with Gasteiger partial charge in [-0.15, -0.1) is 0 Å². The Morgan fingerprint density at radius 3 is 2.63 bits per heavy atom. The third-order valence-electron chi connectivity index (χ3n) is 6.65. The highest BCUT2D eigenvalue weighted by atomic mass is 32.2. The van der Waals surface area contributed by atoms with Gasteiger partial charge >= 0.3 is 0 Å². The lowest BCUT2D eigenvalue weighted by molar-refractivity contribution is 0.220. The van der Waals surface area contributed by atoms with Crippen molar-refractivity contribution in [3.8, 4) is 11.3 Å². The second-order valence-corrected chi connectivity index (χ2v) is 12.0. The van der Waals surface area contributed by atoms with Crippen molar-refractivity contribution >= 4 is 33.0 Å². The van der Waals surface area contributed by atoms with Crippen LogP contribution in [0.3, 0.4) is 0 Å². The SMILES string of the molecule is Cc1cc(-c2[nH]c3cc(F)c(C4CCN(CCS(C)(=O)=O)CC4)nc3c2C(C)C)cnc1N=CN. The largest absolute Gasteiger partial charge is 0.390 e. The first-order valence-corrected chi connectivity index (χ1v) is 14.0. The summed E-state index contributed by atoms with van der Waals surface area (Å²) < 4.78 is 38.2. The highest BCUT2D eigenvalue weighted by Gasteiger charge is 2.27. The highest BCUT2D eigenvalue weighted by molar-refractivity contribution is 7.90. The molecule has 0 amide bonds. The second kappa shape index (κ2) is 10.0. The molecule has 0 aliphatic carbocycles. The van der Waals surface area contributed by atoms with E-state index in [4.69, 9.17) is 10.7 Å². The maximum Gasteiger partial charge on any atom is 0.156 e. The van der Waals surface area contributed by atoms with E-state index in [0.29, 0.717) is 23.6 Å². The van der Waals surface area contributed by atoms with Crippen molar-refractivity contribution in [2.45, 2.75) is 45.4 Å². The third kappa shape index (κ3) is 5.54. The minimum Gasteiger partial charge on any atom is -0.390 e. The molecule has 10 heteroatoms. The minimum absolute atomic E-state index is 0.00423. The van der Waals surface area contributed by atoms with Crippen LogP contribution in [0, 0.1) is 12.7 Å². The maximum absolute atomic E-state index is 15.2. The summed E-state index contributed by atoms with van der Waals surface area (Å²) in [6.45, 7) is 8.11. The third-order valence-corrected chi connectivity index (χ3v) is 7.58. The molecule has 188 valence electrons. The molecule has 3 aromatic heterocycles. The summed E-state index contributed by atoms with van der Waals surface area (Å²) in [5.41, 5.74) is 11.1. The lowest BCUT2D eigenvalue weighted by Crippen LogP contribution is -2.36. The van der Waals surface area contributed by atoms with Gasteiger partial charge in [-0.3, -0.25) is 0 Å². The molecule has 8 nitrogen and oxygen atoms in total. The summed E-state index contributed by atoms with van der Waals surface area (Å²) in [7, 11) is -3.00. The molecule has 1 saturated heterocycles. The minimum atomic E-state index is -3.00. The van der Waals surface area contributed by atoms with Crippen molar-refractivity contribution in [1.29, 1.82) is 0 Å². The number of aliphatic imine (C=N–C) groups is 1. The molecule has 1 fully saturated rings. The number of aromatic amines is 1. The average molecular weight is 501 g/mol. The fourth-order valence-corrected chi connectivity index (χ4v) is 5.42. The smallest absolute Gasteiger partial charge is 0.156 e. The van der Waals surface area contributed by atoms with Gasteiger partial charge in [0.05, 0.1) is 34.5 Å². The number of H-pyrrole nitrogens is 1. The van der Waals surface area contributed by atoms with E-state index in [1.54, 1.807) is 12.3 Å². The molecule has 0 atom stereocenters. The van der Waals surface area contributed by atoms with E-state index >= 15 is 4.39 Å². The monoisotopic (exact) mass is 500 g/mol. The van der Waals surface area contributed by atoms with Crippen molar-refractivity contribution in [3.63, 3.8) is 0 Å². The zero-order valence-corrected chi connectivity index (χ0v) is 21.5. The number of piperidine rings is 1. The van der Waals surface area contributed by atoms with Crippen LogP contribution < -0.4 is 5.73 Å². The molecular weight excluding hydrogens is 467 g/mol. The number of likely N-dealkylation sites (tertiary alicyclic amines) is 1. The Morgan fingerprint density at radius 2 is 2.03 bits per heavy atom. The summed E-state index contributed by atoms with van der Waals surface area (Å²) >= 11 is 0. The summed E-state index contributed by atoms with van der Waals surface area (Å²) in [5.74, 6) is 0.562. The van der Waals surface area contributed by atoms with Crippen molar-refractivity contribution in [3.05, 3.63) is 41.0 Å². The number of fused-ring (bicyclic) bond motifs is 1. The van der Waals surface area contributed by atoms with E-state index in [1.165, 1.54) is 12.6 Å². The van der Waals surface area contributed by atoms with Crippen LogP contribution in [0.4, 0.5) is 10.2 Å². The molecule has 0 bridgehead atoms. The number of nitrogens with one attached hydrogen (secondary N) is 1. The van der Waals surface area contributed by atoms with Crippen LogP contribution in [-0.4, -0.2) is 66.3 Å². The maximum atomic E-state index is 15.2. The van der Waals surface area contributed by atoms with Crippen LogP contribution >= 0.6 is 0 Å². The first-order valence-electron chi connectivity index (χ1n) is 11.9. The van der Waals surface area contributed by atoms with Gasteiger partial charge in [0.1, 0.15) is 15.7 Å². The molecule has 3 aromatic rings. The molecule has 4 heterocycles. The van der Waals surface area contributed by atoms with E-state index < -0.39 is 9.84 Å². The number of pyridine rings is 2. The summed E-state index contributed by atoms with van der Waals surface area (Å²) in [4.78, 5) is 18.9. The Labute approximate surface area is 205 Å². The highest BCUT2D eigenvalue weighted by Crippen LogP contribution is 2.38. The zero-order valence-electron chi connectivity index (χ0n) is 20.7. The van der Waals surface area contributed by atoms with Crippen molar-refractivity contribution in [2.75, 3.05) is 31.6 Å². The lowest BCUT2D eigenvalue weighted by atomic mass is 9.92. The van der Waals surface area contributed by atoms with Crippen LogP contribution in [0.15, 0.2) is 23.3 Å². The van der Waals surface area contributed by atoms with Gasteiger partial charge in [0, 0.05) is 42.1 Å². The second-order valence-electron chi connectivity index (χ2n) is 9.71. The van der Waals surface area contributed by atoms with Gasteiger partial charge in [-0.1, -0.05) is 13.8 Å². The molecule has 4 rings (SSSR count). The van der Waals surface area contributed by atoms with Crippen LogP contribution in [0.1, 0.15) is 55.3 Å². The number of aromatic nitrogens is 3. The predicted octanol–water partition coefficient (Wildman–Crippen LogP) is 4.04. The number of hydrogen-bond donors (Lipinski definition) is 2. The van der Waals surface area contributed by atoms with E-state index in [0.717, 1.165) is 53.8 Å². The number of nitrogens with zero attached hydrogens (tertiary/aromatic N) is 4. The normalized spacial score (nSPS) is 16.2. The molecular formula is C25H33FN6O2S.